The molecule has 1 saturated heterocycles. The van der Waals surface area contributed by atoms with E-state index >= 15 is 0 Å². The van der Waals surface area contributed by atoms with Gasteiger partial charge in [0.2, 0.25) is 0 Å². The summed E-state index contributed by atoms with van der Waals surface area (Å²) in [6, 6.07) is 4.89. The Hall–Kier alpha value is -2.06. The van der Waals surface area contributed by atoms with Crippen LogP contribution in [0.4, 0.5) is 0 Å². The lowest BCUT2D eigenvalue weighted by Crippen LogP contribution is -2.29. The molecule has 6 nitrogen and oxygen atoms in total. The van der Waals surface area contributed by atoms with Crippen LogP contribution in [0.25, 0.3) is 6.08 Å². The van der Waals surface area contributed by atoms with Crippen molar-refractivity contribution in [1.82, 2.24) is 4.90 Å². The molecule has 0 unspecified atom stereocenters. The molecule has 1 N–H and O–H groups in total. The summed E-state index contributed by atoms with van der Waals surface area (Å²) in [4.78, 5) is 25.8. The Morgan fingerprint density at radius 3 is 2.84 bits per heavy atom. The van der Waals surface area contributed by atoms with Crippen LogP contribution in [0.5, 0.6) is 11.5 Å². The van der Waals surface area contributed by atoms with Crippen LogP contribution in [0.2, 0.25) is 0 Å². The van der Waals surface area contributed by atoms with Gasteiger partial charge in [-0.15, -0.1) is 0 Å². The molecule has 134 valence electrons. The number of nitrogens with zero attached hydrogens (tertiary/aromatic N) is 1. The smallest absolute Gasteiger partial charge is 0.305 e. The molecule has 1 aliphatic heterocycles. The van der Waals surface area contributed by atoms with Gasteiger partial charge in [-0.25, -0.2) is 0 Å². The van der Waals surface area contributed by atoms with Crippen molar-refractivity contribution in [3.8, 4) is 11.5 Å². The van der Waals surface area contributed by atoms with E-state index in [1.807, 2.05) is 0 Å². The Kier molecular flexibility index (Phi) is 6.83. The molecule has 1 heterocycles. The van der Waals surface area contributed by atoms with Crippen molar-refractivity contribution in [2.75, 3.05) is 20.3 Å². The average Bonchev–Trinajstić information content (AvgIpc) is 2.82. The number of thiocarbonyl (C=S) groups is 1. The molecule has 25 heavy (non-hydrogen) atoms. The lowest BCUT2D eigenvalue weighted by atomic mass is 10.2. The molecule has 0 aromatic heterocycles. The highest BCUT2D eigenvalue weighted by Gasteiger charge is 2.31. The molecule has 0 bridgehead atoms. The summed E-state index contributed by atoms with van der Waals surface area (Å²) >= 11 is 6.45. The van der Waals surface area contributed by atoms with Gasteiger partial charge in [0.1, 0.15) is 4.32 Å². The molecule has 1 aliphatic rings. The van der Waals surface area contributed by atoms with Gasteiger partial charge in [0, 0.05) is 13.0 Å². The number of thioether (sulfide) groups is 1. The second-order valence-electron chi connectivity index (χ2n) is 5.17. The van der Waals surface area contributed by atoms with Crippen LogP contribution in [-0.4, -0.2) is 46.5 Å². The van der Waals surface area contributed by atoms with Gasteiger partial charge in [0.25, 0.3) is 5.91 Å². The molecule has 1 aromatic carbocycles. The van der Waals surface area contributed by atoms with E-state index in [1.165, 1.54) is 29.8 Å². The zero-order valence-electron chi connectivity index (χ0n) is 14.0. The van der Waals surface area contributed by atoms with E-state index in [0.717, 1.165) is 0 Å². The first-order valence-corrected chi connectivity index (χ1v) is 8.96. The van der Waals surface area contributed by atoms with Gasteiger partial charge in [-0.3, -0.25) is 14.5 Å². The third-order valence-electron chi connectivity index (χ3n) is 3.44. The first-order valence-electron chi connectivity index (χ1n) is 7.74. The minimum Gasteiger partial charge on any atom is -0.504 e. The molecule has 1 fully saturated rings. The summed E-state index contributed by atoms with van der Waals surface area (Å²) in [5, 5.41) is 9.82. The van der Waals surface area contributed by atoms with Crippen LogP contribution in [-0.2, 0) is 14.3 Å². The van der Waals surface area contributed by atoms with Gasteiger partial charge in [-0.05, 0) is 37.1 Å². The van der Waals surface area contributed by atoms with Crippen molar-refractivity contribution in [3.63, 3.8) is 0 Å². The molecule has 2 rings (SSSR count). The van der Waals surface area contributed by atoms with Crippen molar-refractivity contribution in [2.45, 2.75) is 19.8 Å². The molecule has 0 atom stereocenters. The highest BCUT2D eigenvalue weighted by molar-refractivity contribution is 8.26. The molecule has 0 spiro atoms. The summed E-state index contributed by atoms with van der Waals surface area (Å²) in [7, 11) is 1.47. The Morgan fingerprint density at radius 2 is 2.20 bits per heavy atom. The van der Waals surface area contributed by atoms with E-state index in [9.17, 15) is 14.7 Å². The molecule has 8 heteroatoms. The van der Waals surface area contributed by atoms with Crippen LogP contribution in [0.1, 0.15) is 25.3 Å². The average molecular weight is 381 g/mol. The van der Waals surface area contributed by atoms with Gasteiger partial charge in [0.05, 0.1) is 18.6 Å². The molecule has 0 aliphatic carbocycles. The number of methoxy groups -OCH3 is 1. The van der Waals surface area contributed by atoms with Crippen molar-refractivity contribution >= 4 is 46.3 Å². The first-order chi connectivity index (χ1) is 12.0. The third-order valence-corrected chi connectivity index (χ3v) is 4.82. The first kappa shape index (κ1) is 19.3. The fraction of sp³-hybridized carbons (Fsp3) is 0.353. The standard InChI is InChI=1S/C17H19NO5S2/c1-3-23-15(20)5-4-8-18-16(21)14(25-17(18)24)10-11-6-7-13(22-2)12(19)9-11/h6-7,9-10,19H,3-5,8H2,1-2H3/b14-10-. The maximum Gasteiger partial charge on any atom is 0.305 e. The minimum absolute atomic E-state index is 0.00108. The van der Waals surface area contributed by atoms with Gasteiger partial charge in [0.15, 0.2) is 11.5 Å². The number of aromatic hydroxyl groups is 1. The van der Waals surface area contributed by atoms with Crippen molar-refractivity contribution in [1.29, 1.82) is 0 Å². The normalized spacial score (nSPS) is 15.8. The summed E-state index contributed by atoms with van der Waals surface area (Å²) < 4.78 is 10.3. The summed E-state index contributed by atoms with van der Waals surface area (Å²) in [5.41, 5.74) is 0.672. The fourth-order valence-corrected chi connectivity index (χ4v) is 3.56. The van der Waals surface area contributed by atoms with Crippen molar-refractivity contribution < 1.29 is 24.2 Å². The highest BCUT2D eigenvalue weighted by Crippen LogP contribution is 2.34. The second kappa shape index (κ2) is 8.87. The zero-order chi connectivity index (χ0) is 18.4. The van der Waals surface area contributed by atoms with E-state index in [-0.39, 0.29) is 24.0 Å². The van der Waals surface area contributed by atoms with Crippen LogP contribution in [0.15, 0.2) is 23.1 Å². The third kappa shape index (κ3) is 4.96. The quantitative estimate of drug-likeness (QED) is 0.442. The van der Waals surface area contributed by atoms with Gasteiger partial charge < -0.3 is 14.6 Å². The summed E-state index contributed by atoms with van der Waals surface area (Å²) in [6.07, 6.45) is 2.40. The number of amides is 1. The minimum atomic E-state index is -0.280. The van der Waals surface area contributed by atoms with Gasteiger partial charge in [-0.1, -0.05) is 30.0 Å². The monoisotopic (exact) mass is 381 g/mol. The number of hydrogen-bond donors (Lipinski definition) is 1. The van der Waals surface area contributed by atoms with Gasteiger partial charge in [-0.2, -0.15) is 0 Å². The van der Waals surface area contributed by atoms with E-state index in [4.69, 9.17) is 21.7 Å². The number of hydrogen-bond acceptors (Lipinski definition) is 7. The molecule has 0 radical (unpaired) electrons. The van der Waals surface area contributed by atoms with Crippen LogP contribution in [0.3, 0.4) is 0 Å². The van der Waals surface area contributed by atoms with Crippen molar-refractivity contribution in [2.24, 2.45) is 0 Å². The zero-order valence-corrected chi connectivity index (χ0v) is 15.6. The molecular formula is C17H19NO5S2. The highest BCUT2D eigenvalue weighted by atomic mass is 32.2. The second-order valence-corrected chi connectivity index (χ2v) is 6.85. The van der Waals surface area contributed by atoms with Crippen LogP contribution >= 0.6 is 24.0 Å². The Balaban J connectivity index is 2.02. The van der Waals surface area contributed by atoms with Crippen molar-refractivity contribution in [3.05, 3.63) is 28.7 Å². The summed E-state index contributed by atoms with van der Waals surface area (Å²) in [5.74, 6) is -0.115. The fourth-order valence-electron chi connectivity index (χ4n) is 2.26. The number of carbonyl (C=O) groups is 2. The number of benzene rings is 1. The topological polar surface area (TPSA) is 76.1 Å². The van der Waals surface area contributed by atoms with E-state index in [1.54, 1.807) is 25.1 Å². The number of phenolic OH excluding ortho intramolecular Hbond substituents is 1. The van der Waals surface area contributed by atoms with E-state index in [0.29, 0.717) is 40.1 Å². The number of rotatable bonds is 7. The maximum absolute atomic E-state index is 12.5. The Morgan fingerprint density at radius 1 is 1.44 bits per heavy atom. The largest absolute Gasteiger partial charge is 0.504 e. The Bertz CT molecular complexity index is 717. The predicted molar refractivity (Wildman–Crippen MR) is 100 cm³/mol. The molecule has 1 amide bonds. The SMILES string of the molecule is CCOC(=O)CCCN1C(=O)/C(=C/c2ccc(OC)c(O)c2)SC1=S. The maximum atomic E-state index is 12.5. The molecular weight excluding hydrogens is 362 g/mol. The Labute approximate surface area is 155 Å². The number of phenols is 1. The van der Waals surface area contributed by atoms with E-state index in [2.05, 4.69) is 0 Å². The van der Waals surface area contributed by atoms with E-state index < -0.39 is 0 Å². The number of carbonyl (C=O) groups excluding carboxylic acids is 2. The molecule has 0 saturated carbocycles. The lowest BCUT2D eigenvalue weighted by Gasteiger charge is -2.13. The van der Waals surface area contributed by atoms with Gasteiger partial charge >= 0.3 is 5.97 Å². The predicted octanol–water partition coefficient (Wildman–Crippen LogP) is 2.95. The van der Waals surface area contributed by atoms with Crippen LogP contribution < -0.4 is 4.74 Å². The summed E-state index contributed by atoms with van der Waals surface area (Å²) in [6.45, 7) is 2.47. The number of ether oxygens (including phenoxy) is 2. The van der Waals surface area contributed by atoms with Crippen LogP contribution in [0, 0.1) is 0 Å². The number of esters is 1. The lowest BCUT2D eigenvalue weighted by molar-refractivity contribution is -0.143. The molecule has 1 aromatic rings.